The molecule has 1 aromatic rings. The van der Waals surface area contributed by atoms with E-state index in [4.69, 9.17) is 5.11 Å². The maximum Gasteiger partial charge on any atom is 0.416 e. The second-order valence-electron chi connectivity index (χ2n) is 4.75. The Morgan fingerprint density at radius 3 is 2.50 bits per heavy atom. The van der Waals surface area contributed by atoms with E-state index in [-0.39, 0.29) is 0 Å². The van der Waals surface area contributed by atoms with Crippen molar-refractivity contribution >= 4 is 16.0 Å². The molecule has 0 aromatic heterocycles. The van der Waals surface area contributed by atoms with Gasteiger partial charge in [0, 0.05) is 6.04 Å². The highest BCUT2D eigenvalue weighted by Crippen LogP contribution is 2.32. The van der Waals surface area contributed by atoms with E-state index in [0.29, 0.717) is 31.0 Å². The molecule has 1 unspecified atom stereocenters. The number of halogens is 3. The van der Waals surface area contributed by atoms with Crippen LogP contribution in [0.4, 0.5) is 13.2 Å². The van der Waals surface area contributed by atoms with Gasteiger partial charge < -0.3 is 5.11 Å². The first-order valence-electron chi connectivity index (χ1n) is 6.25. The van der Waals surface area contributed by atoms with Gasteiger partial charge in [-0.15, -0.1) is 0 Å². The molecule has 0 spiro atoms. The number of benzene rings is 1. The average Bonchev–Trinajstić information content (AvgIpc) is 2.89. The fraction of sp³-hybridized carbons (Fsp3) is 0.308. The molecule has 1 aromatic carbocycles. The first kappa shape index (κ1) is 16.5. The van der Waals surface area contributed by atoms with E-state index in [1.807, 2.05) is 0 Å². The van der Waals surface area contributed by atoms with Crippen LogP contribution in [0.15, 0.2) is 35.2 Å². The van der Waals surface area contributed by atoms with Gasteiger partial charge in [-0.2, -0.15) is 13.2 Å². The van der Waals surface area contributed by atoms with E-state index in [9.17, 15) is 26.4 Å². The Bertz CT molecular complexity index is 725. The number of alkyl halides is 3. The number of rotatable bonds is 4. The van der Waals surface area contributed by atoms with E-state index >= 15 is 0 Å². The molecule has 0 saturated carbocycles. The number of nitrogens with one attached hydrogen (secondary N) is 1. The molecule has 2 rings (SSSR count). The average molecular weight is 335 g/mol. The third-order valence-corrected chi connectivity index (χ3v) is 4.68. The third kappa shape index (κ3) is 3.47. The summed E-state index contributed by atoms with van der Waals surface area (Å²) in [7, 11) is -4.38. The lowest BCUT2D eigenvalue weighted by molar-refractivity contribution is -0.137. The molecule has 1 aliphatic carbocycles. The molecule has 2 N–H and O–H groups in total. The minimum atomic E-state index is -4.77. The summed E-state index contributed by atoms with van der Waals surface area (Å²) in [6.07, 6.45) is -0.347. The number of hydrogen-bond acceptors (Lipinski definition) is 3. The number of sulfonamides is 1. The van der Waals surface area contributed by atoms with Crippen LogP contribution < -0.4 is 4.72 Å². The van der Waals surface area contributed by atoms with Crippen LogP contribution in [0.3, 0.4) is 0 Å². The first-order chi connectivity index (χ1) is 10.1. The lowest BCUT2D eigenvalue weighted by Gasteiger charge is -2.15. The Labute approximate surface area is 124 Å². The van der Waals surface area contributed by atoms with Gasteiger partial charge in [0.1, 0.15) is 0 Å². The fourth-order valence-corrected chi connectivity index (χ4v) is 3.54. The van der Waals surface area contributed by atoms with Crippen molar-refractivity contribution in [2.45, 2.75) is 30.0 Å². The topological polar surface area (TPSA) is 83.5 Å². The molecule has 22 heavy (non-hydrogen) atoms. The molecule has 0 fully saturated rings. The zero-order valence-corrected chi connectivity index (χ0v) is 11.9. The maximum atomic E-state index is 12.7. The Kier molecular flexibility index (Phi) is 4.30. The van der Waals surface area contributed by atoms with E-state index < -0.39 is 44.2 Å². The van der Waals surface area contributed by atoms with Crippen molar-refractivity contribution in [3.05, 3.63) is 41.5 Å². The van der Waals surface area contributed by atoms with Crippen LogP contribution in [-0.2, 0) is 16.2 Å². The van der Waals surface area contributed by atoms with Crippen LogP contribution in [0.2, 0.25) is 0 Å². The van der Waals surface area contributed by atoms with Gasteiger partial charge in [0.2, 0.25) is 10.0 Å². The summed E-state index contributed by atoms with van der Waals surface area (Å²) in [6, 6.07) is 0.966. The van der Waals surface area contributed by atoms with E-state index in [1.165, 1.54) is 0 Å². The summed E-state index contributed by atoms with van der Waals surface area (Å²) in [5, 5.41) is 9.00. The Hall–Kier alpha value is -1.87. The number of hydrogen-bond donors (Lipinski definition) is 2. The van der Waals surface area contributed by atoms with Gasteiger partial charge in [0.05, 0.1) is 16.0 Å². The highest BCUT2D eigenvalue weighted by Gasteiger charge is 2.34. The summed E-state index contributed by atoms with van der Waals surface area (Å²) in [6.45, 7) is 0. The summed E-state index contributed by atoms with van der Waals surface area (Å²) in [5.74, 6) is -1.61. The Morgan fingerprint density at radius 1 is 1.32 bits per heavy atom. The van der Waals surface area contributed by atoms with E-state index in [1.54, 1.807) is 12.2 Å². The Morgan fingerprint density at radius 2 is 2.00 bits per heavy atom. The highest BCUT2D eigenvalue weighted by atomic mass is 32.2. The molecule has 1 atom stereocenters. The van der Waals surface area contributed by atoms with Crippen molar-refractivity contribution in [3.8, 4) is 0 Å². The predicted octanol–water partition coefficient (Wildman–Crippen LogP) is 2.40. The molecule has 0 amide bonds. The van der Waals surface area contributed by atoms with Crippen molar-refractivity contribution in [2.24, 2.45) is 0 Å². The maximum absolute atomic E-state index is 12.7. The van der Waals surface area contributed by atoms with Crippen LogP contribution in [0.5, 0.6) is 0 Å². The van der Waals surface area contributed by atoms with Crippen molar-refractivity contribution in [1.29, 1.82) is 0 Å². The largest absolute Gasteiger partial charge is 0.478 e. The number of carboxylic acids is 1. The monoisotopic (exact) mass is 335 g/mol. The third-order valence-electron chi connectivity index (χ3n) is 3.15. The van der Waals surface area contributed by atoms with Gasteiger partial charge in [-0.3, -0.25) is 0 Å². The second-order valence-corrected chi connectivity index (χ2v) is 6.43. The van der Waals surface area contributed by atoms with E-state index in [0.717, 1.165) is 0 Å². The fourth-order valence-electron chi connectivity index (χ4n) is 2.09. The summed E-state index contributed by atoms with van der Waals surface area (Å²) in [4.78, 5) is 10.2. The lowest BCUT2D eigenvalue weighted by atomic mass is 10.1. The molecule has 0 radical (unpaired) electrons. The van der Waals surface area contributed by atoms with Crippen LogP contribution in [0.25, 0.3) is 0 Å². The number of carbonyl (C=O) groups is 1. The number of allylic oxidation sites excluding steroid dienone is 1. The molecule has 0 aliphatic heterocycles. The molecule has 9 heteroatoms. The number of carboxylic acid groups (broad SMARTS) is 1. The van der Waals surface area contributed by atoms with Gasteiger partial charge in [0.15, 0.2) is 0 Å². The van der Waals surface area contributed by atoms with Gasteiger partial charge in [-0.25, -0.2) is 17.9 Å². The SMILES string of the molecule is O=C(O)c1ccc(C(F)(F)F)cc1S(=O)(=O)NC1C=CCC1. The van der Waals surface area contributed by atoms with Crippen LogP contribution in [0, 0.1) is 0 Å². The number of aromatic carboxylic acids is 1. The zero-order chi connectivity index (χ0) is 16.5. The minimum absolute atomic E-state index is 0.338. The van der Waals surface area contributed by atoms with Crippen molar-refractivity contribution < 1.29 is 31.5 Å². The summed E-state index contributed by atoms with van der Waals surface area (Å²) < 4.78 is 64.8. The Balaban J connectivity index is 2.50. The molecule has 5 nitrogen and oxygen atoms in total. The normalized spacial score (nSPS) is 18.6. The second kappa shape index (κ2) is 5.73. The molecule has 0 saturated heterocycles. The zero-order valence-electron chi connectivity index (χ0n) is 11.1. The smallest absolute Gasteiger partial charge is 0.416 e. The van der Waals surface area contributed by atoms with Crippen molar-refractivity contribution in [3.63, 3.8) is 0 Å². The van der Waals surface area contributed by atoms with Gasteiger partial charge >= 0.3 is 12.1 Å². The molecule has 0 heterocycles. The van der Waals surface area contributed by atoms with Crippen LogP contribution in [0.1, 0.15) is 28.8 Å². The van der Waals surface area contributed by atoms with Gasteiger partial charge in [-0.05, 0) is 31.0 Å². The van der Waals surface area contributed by atoms with Gasteiger partial charge in [-0.1, -0.05) is 12.2 Å². The quantitative estimate of drug-likeness (QED) is 0.828. The van der Waals surface area contributed by atoms with E-state index in [2.05, 4.69) is 4.72 Å². The van der Waals surface area contributed by atoms with Crippen molar-refractivity contribution in [2.75, 3.05) is 0 Å². The lowest BCUT2D eigenvalue weighted by Crippen LogP contribution is -2.33. The first-order valence-corrected chi connectivity index (χ1v) is 7.73. The molecule has 1 aliphatic rings. The molecule has 120 valence electrons. The van der Waals surface area contributed by atoms with Crippen LogP contribution in [-0.4, -0.2) is 25.5 Å². The van der Waals surface area contributed by atoms with Crippen molar-refractivity contribution in [1.82, 2.24) is 4.72 Å². The molecular formula is C13H12F3NO4S. The summed E-state index contributed by atoms with van der Waals surface area (Å²) in [5.41, 5.74) is -1.93. The standard InChI is InChI=1S/C13H12F3NO4S/c14-13(15,16)8-5-6-10(12(18)19)11(7-8)22(20,21)17-9-3-1-2-4-9/h1,3,5-7,9,17H,2,4H2,(H,18,19). The molecule has 0 bridgehead atoms. The van der Waals surface area contributed by atoms with Crippen LogP contribution >= 0.6 is 0 Å². The van der Waals surface area contributed by atoms with Gasteiger partial charge in [0.25, 0.3) is 0 Å². The summed E-state index contributed by atoms with van der Waals surface area (Å²) >= 11 is 0. The predicted molar refractivity (Wildman–Crippen MR) is 70.9 cm³/mol. The minimum Gasteiger partial charge on any atom is -0.478 e. The molecular weight excluding hydrogens is 323 g/mol. The highest BCUT2D eigenvalue weighted by molar-refractivity contribution is 7.89.